The van der Waals surface area contributed by atoms with Crippen molar-refractivity contribution in [3.63, 3.8) is 0 Å². The molecule has 3 rings (SSSR count). The average molecular weight is 307 g/mol. The number of benzene rings is 1. The third-order valence-electron chi connectivity index (χ3n) is 4.62. The van der Waals surface area contributed by atoms with Crippen molar-refractivity contribution < 1.29 is 4.79 Å². The molecule has 118 valence electrons. The van der Waals surface area contributed by atoms with E-state index in [9.17, 15) is 4.79 Å². The monoisotopic (exact) mass is 307 g/mol. The number of nitrogens with one attached hydrogen (secondary N) is 1. The fourth-order valence-electron chi connectivity index (χ4n) is 3.11. The van der Waals surface area contributed by atoms with Crippen LogP contribution in [0.25, 0.3) is 11.1 Å². The Morgan fingerprint density at radius 1 is 1.13 bits per heavy atom. The number of carbonyl (C=O) groups is 1. The molecule has 0 aliphatic heterocycles. The van der Waals surface area contributed by atoms with E-state index in [4.69, 9.17) is 5.73 Å². The first-order valence-electron chi connectivity index (χ1n) is 8.25. The number of carbonyl (C=O) groups excluding carboxylic acids is 1. The first-order chi connectivity index (χ1) is 11.1. The van der Waals surface area contributed by atoms with E-state index in [0.29, 0.717) is 5.56 Å². The molecule has 3 N–H and O–H groups in total. The maximum Gasteiger partial charge on any atom is 0.255 e. The number of anilines is 1. The van der Waals surface area contributed by atoms with Gasteiger partial charge in [-0.15, -0.1) is 0 Å². The minimum atomic E-state index is -0.118. The standard InChI is InChI=1S/C18H22BN3O/c19-14-6-8-15(9-7-14)22-18(23)16-10-13(11-21-17(16)20)12-4-2-1-3-5-12/h1-5,10-11,14-15H,6-9,19H2,(H2,20,21)(H,22,23). The van der Waals surface area contributed by atoms with Crippen molar-refractivity contribution in [3.05, 3.63) is 48.2 Å². The SMILES string of the molecule is BC1CCC(NC(=O)c2cc(-c3ccccc3)cnc2N)CC1. The van der Waals surface area contributed by atoms with Crippen LogP contribution in [0.1, 0.15) is 36.0 Å². The summed E-state index contributed by atoms with van der Waals surface area (Å²) in [7, 11) is 2.27. The highest BCUT2D eigenvalue weighted by Gasteiger charge is 2.21. The topological polar surface area (TPSA) is 68.0 Å². The normalized spacial score (nSPS) is 20.9. The van der Waals surface area contributed by atoms with Crippen LogP contribution in [0, 0.1) is 0 Å². The lowest BCUT2D eigenvalue weighted by Gasteiger charge is -2.27. The van der Waals surface area contributed by atoms with Crippen LogP contribution in [0.3, 0.4) is 0 Å². The van der Waals surface area contributed by atoms with Gasteiger partial charge < -0.3 is 11.1 Å². The van der Waals surface area contributed by atoms with Gasteiger partial charge in [0.05, 0.1) is 5.56 Å². The third kappa shape index (κ3) is 3.73. The highest BCUT2D eigenvalue weighted by molar-refractivity contribution is 6.11. The predicted molar refractivity (Wildman–Crippen MR) is 96.1 cm³/mol. The van der Waals surface area contributed by atoms with E-state index in [1.54, 1.807) is 6.20 Å². The Bertz CT molecular complexity index is 682. The van der Waals surface area contributed by atoms with Gasteiger partial charge >= 0.3 is 0 Å². The maximum atomic E-state index is 12.6. The number of hydrogen-bond acceptors (Lipinski definition) is 3. The van der Waals surface area contributed by atoms with E-state index in [0.717, 1.165) is 29.8 Å². The van der Waals surface area contributed by atoms with Gasteiger partial charge in [-0.1, -0.05) is 49.0 Å². The van der Waals surface area contributed by atoms with Crippen molar-refractivity contribution in [2.75, 3.05) is 5.73 Å². The Kier molecular flexibility index (Phi) is 4.65. The van der Waals surface area contributed by atoms with Crippen molar-refractivity contribution in [2.45, 2.75) is 37.5 Å². The van der Waals surface area contributed by atoms with Crippen molar-refractivity contribution in [1.82, 2.24) is 10.3 Å². The van der Waals surface area contributed by atoms with Crippen LogP contribution >= 0.6 is 0 Å². The van der Waals surface area contributed by atoms with E-state index < -0.39 is 0 Å². The molecule has 1 aromatic heterocycles. The average Bonchev–Trinajstić information content (AvgIpc) is 2.58. The molecule has 0 radical (unpaired) electrons. The third-order valence-corrected chi connectivity index (χ3v) is 4.62. The lowest BCUT2D eigenvalue weighted by atomic mass is 9.74. The Balaban J connectivity index is 1.77. The fourth-order valence-corrected chi connectivity index (χ4v) is 3.11. The Morgan fingerprint density at radius 2 is 1.83 bits per heavy atom. The van der Waals surface area contributed by atoms with Gasteiger partial charge in [0.1, 0.15) is 13.7 Å². The first-order valence-corrected chi connectivity index (χ1v) is 8.25. The number of aromatic nitrogens is 1. The van der Waals surface area contributed by atoms with Gasteiger partial charge in [-0.3, -0.25) is 4.79 Å². The summed E-state index contributed by atoms with van der Waals surface area (Å²) >= 11 is 0. The van der Waals surface area contributed by atoms with Crippen LogP contribution in [0.15, 0.2) is 42.6 Å². The summed E-state index contributed by atoms with van der Waals surface area (Å²) in [5.41, 5.74) is 8.32. The predicted octanol–water partition coefficient (Wildman–Crippen LogP) is 2.42. The molecule has 1 aromatic carbocycles. The van der Waals surface area contributed by atoms with Crippen molar-refractivity contribution in [1.29, 1.82) is 0 Å². The summed E-state index contributed by atoms with van der Waals surface area (Å²) < 4.78 is 0. The zero-order valence-corrected chi connectivity index (χ0v) is 13.5. The molecule has 0 spiro atoms. The van der Waals surface area contributed by atoms with Gasteiger partial charge in [-0.05, 0) is 24.5 Å². The molecule has 0 bridgehead atoms. The van der Waals surface area contributed by atoms with E-state index in [-0.39, 0.29) is 17.8 Å². The molecule has 0 saturated heterocycles. The zero-order valence-electron chi connectivity index (χ0n) is 13.5. The number of nitrogen functional groups attached to an aromatic ring is 1. The van der Waals surface area contributed by atoms with Crippen LogP contribution < -0.4 is 11.1 Å². The molecule has 1 amide bonds. The highest BCUT2D eigenvalue weighted by atomic mass is 16.1. The molecule has 2 aromatic rings. The second kappa shape index (κ2) is 6.86. The molecule has 0 atom stereocenters. The number of rotatable bonds is 3. The smallest absolute Gasteiger partial charge is 0.255 e. The van der Waals surface area contributed by atoms with Crippen LogP contribution in [0.5, 0.6) is 0 Å². The molecule has 0 unspecified atom stereocenters. The molecule has 4 nitrogen and oxygen atoms in total. The van der Waals surface area contributed by atoms with E-state index >= 15 is 0 Å². The number of nitrogens with two attached hydrogens (primary N) is 1. The second-order valence-corrected chi connectivity index (χ2v) is 6.45. The van der Waals surface area contributed by atoms with Gasteiger partial charge in [0.25, 0.3) is 5.91 Å². The summed E-state index contributed by atoms with van der Waals surface area (Å²) in [6, 6.07) is 12.0. The van der Waals surface area contributed by atoms with Crippen LogP contribution in [0.2, 0.25) is 5.82 Å². The molecule has 1 aliphatic rings. The number of pyridine rings is 1. The van der Waals surface area contributed by atoms with Crippen molar-refractivity contribution >= 4 is 19.6 Å². The molecule has 1 saturated carbocycles. The Hall–Kier alpha value is -2.30. The van der Waals surface area contributed by atoms with E-state index in [1.165, 1.54) is 12.8 Å². The minimum absolute atomic E-state index is 0.118. The van der Waals surface area contributed by atoms with E-state index in [2.05, 4.69) is 18.1 Å². The van der Waals surface area contributed by atoms with Crippen LogP contribution in [-0.4, -0.2) is 24.8 Å². The molecule has 23 heavy (non-hydrogen) atoms. The van der Waals surface area contributed by atoms with Crippen LogP contribution in [-0.2, 0) is 0 Å². The van der Waals surface area contributed by atoms with Gasteiger partial charge in [0, 0.05) is 17.8 Å². The number of nitrogens with zero attached hydrogens (tertiary/aromatic N) is 1. The van der Waals surface area contributed by atoms with Crippen molar-refractivity contribution in [3.8, 4) is 11.1 Å². The number of amides is 1. The number of hydrogen-bond donors (Lipinski definition) is 2. The zero-order chi connectivity index (χ0) is 16.2. The fraction of sp³-hybridized carbons (Fsp3) is 0.333. The summed E-state index contributed by atoms with van der Waals surface area (Å²) in [5.74, 6) is 0.926. The molecule has 1 fully saturated rings. The lowest BCUT2D eigenvalue weighted by Crippen LogP contribution is -2.37. The maximum absolute atomic E-state index is 12.6. The summed E-state index contributed by atoms with van der Waals surface area (Å²) in [4.78, 5) is 16.8. The van der Waals surface area contributed by atoms with E-state index in [1.807, 2.05) is 36.4 Å². The Labute approximate surface area is 137 Å². The summed E-state index contributed by atoms with van der Waals surface area (Å²) in [5, 5.41) is 3.12. The second-order valence-electron chi connectivity index (χ2n) is 6.45. The lowest BCUT2D eigenvalue weighted by molar-refractivity contribution is 0.0928. The molecule has 5 heteroatoms. The summed E-state index contributed by atoms with van der Waals surface area (Å²) in [6.45, 7) is 0. The van der Waals surface area contributed by atoms with Crippen LogP contribution in [0.4, 0.5) is 5.82 Å². The van der Waals surface area contributed by atoms with Gasteiger partial charge in [-0.25, -0.2) is 4.98 Å². The molecule has 1 heterocycles. The molecular weight excluding hydrogens is 285 g/mol. The highest BCUT2D eigenvalue weighted by Crippen LogP contribution is 2.27. The molecular formula is C18H22BN3O. The van der Waals surface area contributed by atoms with Gasteiger partial charge in [-0.2, -0.15) is 0 Å². The minimum Gasteiger partial charge on any atom is -0.383 e. The molecule has 1 aliphatic carbocycles. The summed E-state index contributed by atoms with van der Waals surface area (Å²) in [6.07, 6.45) is 6.13. The quantitative estimate of drug-likeness (QED) is 0.856. The van der Waals surface area contributed by atoms with Gasteiger partial charge in [0.2, 0.25) is 0 Å². The van der Waals surface area contributed by atoms with Gasteiger partial charge in [0.15, 0.2) is 0 Å². The first kappa shape index (κ1) is 15.6. The largest absolute Gasteiger partial charge is 0.383 e. The Morgan fingerprint density at radius 3 is 2.52 bits per heavy atom. The van der Waals surface area contributed by atoms with Crippen molar-refractivity contribution in [2.24, 2.45) is 0 Å².